The van der Waals surface area contributed by atoms with Crippen LogP contribution in [0.5, 0.6) is 0 Å². The zero-order valence-corrected chi connectivity index (χ0v) is 12.4. The van der Waals surface area contributed by atoms with Crippen LogP contribution in [0, 0.1) is 5.92 Å². The van der Waals surface area contributed by atoms with Gasteiger partial charge in [-0.1, -0.05) is 40.2 Å². The molecule has 1 saturated heterocycles. The summed E-state index contributed by atoms with van der Waals surface area (Å²) in [6.07, 6.45) is 2.66. The van der Waals surface area contributed by atoms with E-state index < -0.39 is 0 Å². The molecule has 2 aliphatic rings. The molecule has 3 rings (SSSR count). The van der Waals surface area contributed by atoms with Gasteiger partial charge in [0.15, 0.2) is 0 Å². The van der Waals surface area contributed by atoms with Gasteiger partial charge in [-0.05, 0) is 30.4 Å². The van der Waals surface area contributed by atoms with Gasteiger partial charge in [0.05, 0.1) is 6.04 Å². The van der Waals surface area contributed by atoms with Crippen LogP contribution in [0.3, 0.4) is 0 Å². The number of amides is 1. The molecule has 102 valence electrons. The maximum Gasteiger partial charge on any atom is 0.223 e. The molecule has 2 unspecified atom stereocenters. The lowest BCUT2D eigenvalue weighted by Gasteiger charge is -2.25. The van der Waals surface area contributed by atoms with E-state index in [9.17, 15) is 4.79 Å². The van der Waals surface area contributed by atoms with E-state index >= 15 is 0 Å². The van der Waals surface area contributed by atoms with Gasteiger partial charge in [0.2, 0.25) is 5.91 Å². The van der Waals surface area contributed by atoms with Gasteiger partial charge in [0, 0.05) is 24.0 Å². The second kappa shape index (κ2) is 5.63. The first-order valence-electron chi connectivity index (χ1n) is 6.85. The second-order valence-corrected chi connectivity index (χ2v) is 6.47. The summed E-state index contributed by atoms with van der Waals surface area (Å²) < 4.78 is 5.31. The fraction of sp³-hybridized carbons (Fsp3) is 0.533. The topological polar surface area (TPSA) is 38.3 Å². The highest BCUT2D eigenvalue weighted by Gasteiger charge is 2.33. The number of fused-ring (bicyclic) bond motifs is 1. The minimum atomic E-state index is 0.103. The molecule has 0 aromatic heterocycles. The lowest BCUT2D eigenvalue weighted by molar-refractivity contribution is -0.128. The zero-order valence-electron chi connectivity index (χ0n) is 10.8. The first-order valence-corrected chi connectivity index (χ1v) is 7.77. The minimum absolute atomic E-state index is 0.103. The molecule has 0 saturated carbocycles. The van der Waals surface area contributed by atoms with E-state index in [1.807, 2.05) is 6.07 Å². The summed E-state index contributed by atoms with van der Waals surface area (Å²) in [5.74, 6) is 0.288. The summed E-state index contributed by atoms with van der Waals surface area (Å²) in [7, 11) is 0. The van der Waals surface area contributed by atoms with Gasteiger partial charge in [0.25, 0.3) is 0 Å². The van der Waals surface area contributed by atoms with Gasteiger partial charge < -0.3 is 10.1 Å². The van der Waals surface area contributed by atoms with Crippen molar-refractivity contribution in [2.24, 2.45) is 5.92 Å². The van der Waals surface area contributed by atoms with Gasteiger partial charge in [-0.3, -0.25) is 4.79 Å². The Morgan fingerprint density at radius 2 is 2.00 bits per heavy atom. The van der Waals surface area contributed by atoms with Crippen LogP contribution in [0.25, 0.3) is 0 Å². The zero-order chi connectivity index (χ0) is 13.2. The molecular formula is C15H18BrNO2. The van der Waals surface area contributed by atoms with E-state index in [-0.39, 0.29) is 17.9 Å². The Labute approximate surface area is 121 Å². The Hall–Kier alpha value is -0.870. The molecule has 1 heterocycles. The van der Waals surface area contributed by atoms with Crippen LogP contribution in [0.4, 0.5) is 0 Å². The molecule has 1 N–H and O–H groups in total. The molecule has 3 nitrogen and oxygen atoms in total. The van der Waals surface area contributed by atoms with Crippen molar-refractivity contribution in [2.45, 2.75) is 30.1 Å². The van der Waals surface area contributed by atoms with Crippen LogP contribution < -0.4 is 5.32 Å². The number of alkyl halides is 1. The quantitative estimate of drug-likeness (QED) is 0.849. The number of halogens is 1. The molecule has 0 spiro atoms. The van der Waals surface area contributed by atoms with Crippen LogP contribution in [0.1, 0.15) is 30.0 Å². The predicted molar refractivity (Wildman–Crippen MR) is 77.3 cm³/mol. The van der Waals surface area contributed by atoms with Gasteiger partial charge in [-0.15, -0.1) is 0 Å². The molecular weight excluding hydrogens is 306 g/mol. The van der Waals surface area contributed by atoms with Crippen molar-refractivity contribution in [1.29, 1.82) is 0 Å². The summed E-state index contributed by atoms with van der Waals surface area (Å²) >= 11 is 3.70. The molecule has 1 aliphatic heterocycles. The first kappa shape index (κ1) is 13.1. The molecule has 0 radical (unpaired) electrons. The lowest BCUT2D eigenvalue weighted by atomic mass is 9.98. The molecule has 1 aliphatic carbocycles. The molecule has 1 aromatic carbocycles. The van der Waals surface area contributed by atoms with Gasteiger partial charge in [0.1, 0.15) is 0 Å². The van der Waals surface area contributed by atoms with Crippen LogP contribution in [0.2, 0.25) is 0 Å². The average Bonchev–Trinajstić information content (AvgIpc) is 2.76. The van der Waals surface area contributed by atoms with Crippen molar-refractivity contribution >= 4 is 21.8 Å². The van der Waals surface area contributed by atoms with Crippen molar-refractivity contribution < 1.29 is 9.53 Å². The molecule has 19 heavy (non-hydrogen) atoms. The first-order chi connectivity index (χ1) is 9.25. The summed E-state index contributed by atoms with van der Waals surface area (Å²) in [5.41, 5.74) is 2.59. The van der Waals surface area contributed by atoms with E-state index in [1.165, 1.54) is 11.1 Å². The highest BCUT2D eigenvalue weighted by molar-refractivity contribution is 9.09. The highest BCUT2D eigenvalue weighted by atomic mass is 79.9. The third-order valence-corrected chi connectivity index (χ3v) is 4.91. The standard InChI is InChI=1S/C15H18BrNO2/c16-13-9-11-3-1-2-4-12(11)14(13)17-15(18)10-5-7-19-8-6-10/h1-4,10,13-14H,5-9H2,(H,17,18). The molecule has 1 aromatic rings. The fourth-order valence-electron chi connectivity index (χ4n) is 2.95. The SMILES string of the molecule is O=C(NC1c2ccccc2CC1Br)C1CCOCC1. The van der Waals surface area contributed by atoms with Crippen molar-refractivity contribution in [3.63, 3.8) is 0 Å². The predicted octanol–water partition coefficient (Wildman–Crippen LogP) is 2.59. The van der Waals surface area contributed by atoms with Crippen LogP contribution in [-0.2, 0) is 16.0 Å². The number of hydrogen-bond acceptors (Lipinski definition) is 2. The number of benzene rings is 1. The number of carbonyl (C=O) groups excluding carboxylic acids is 1. The normalized spacial score (nSPS) is 27.0. The van der Waals surface area contributed by atoms with Gasteiger partial charge in [-0.2, -0.15) is 0 Å². The van der Waals surface area contributed by atoms with Crippen molar-refractivity contribution in [3.8, 4) is 0 Å². The van der Waals surface area contributed by atoms with Crippen LogP contribution in [0.15, 0.2) is 24.3 Å². The maximum absolute atomic E-state index is 12.3. The number of rotatable bonds is 2. The second-order valence-electron chi connectivity index (χ2n) is 5.29. The third-order valence-electron chi connectivity index (χ3n) is 4.06. The summed E-state index contributed by atoms with van der Waals surface area (Å²) in [6.45, 7) is 1.41. The molecule has 4 heteroatoms. The molecule has 2 atom stereocenters. The van der Waals surface area contributed by atoms with E-state index in [1.54, 1.807) is 0 Å². The molecule has 0 bridgehead atoms. The van der Waals surface area contributed by atoms with E-state index in [2.05, 4.69) is 39.4 Å². The number of carbonyl (C=O) groups is 1. The van der Waals surface area contributed by atoms with Crippen molar-refractivity contribution in [3.05, 3.63) is 35.4 Å². The van der Waals surface area contributed by atoms with E-state index in [4.69, 9.17) is 4.74 Å². The summed E-state index contributed by atoms with van der Waals surface area (Å²) in [5, 5.41) is 3.21. The maximum atomic E-state index is 12.3. The Morgan fingerprint density at radius 3 is 2.79 bits per heavy atom. The fourth-order valence-corrected chi connectivity index (χ4v) is 3.71. The Bertz CT molecular complexity index is 471. The van der Waals surface area contributed by atoms with E-state index in [0.717, 1.165) is 19.3 Å². The molecule has 1 amide bonds. The third kappa shape index (κ3) is 2.70. The van der Waals surface area contributed by atoms with Crippen LogP contribution in [-0.4, -0.2) is 23.9 Å². The lowest BCUT2D eigenvalue weighted by Crippen LogP contribution is -2.38. The summed E-state index contributed by atoms with van der Waals surface area (Å²) in [6, 6.07) is 8.46. The van der Waals surface area contributed by atoms with Gasteiger partial charge in [-0.25, -0.2) is 0 Å². The van der Waals surface area contributed by atoms with Gasteiger partial charge >= 0.3 is 0 Å². The largest absolute Gasteiger partial charge is 0.381 e. The van der Waals surface area contributed by atoms with Crippen molar-refractivity contribution in [2.75, 3.05) is 13.2 Å². The Morgan fingerprint density at radius 1 is 1.26 bits per heavy atom. The molecule has 1 fully saturated rings. The smallest absolute Gasteiger partial charge is 0.223 e. The number of hydrogen-bond donors (Lipinski definition) is 1. The monoisotopic (exact) mass is 323 g/mol. The Balaban J connectivity index is 1.71. The minimum Gasteiger partial charge on any atom is -0.381 e. The number of ether oxygens (including phenoxy) is 1. The average molecular weight is 324 g/mol. The Kier molecular flexibility index (Phi) is 3.89. The van der Waals surface area contributed by atoms with Crippen LogP contribution >= 0.6 is 15.9 Å². The van der Waals surface area contributed by atoms with E-state index in [0.29, 0.717) is 18.0 Å². The summed E-state index contributed by atoms with van der Waals surface area (Å²) in [4.78, 5) is 12.6. The van der Waals surface area contributed by atoms with Crippen molar-refractivity contribution in [1.82, 2.24) is 5.32 Å². The number of nitrogens with one attached hydrogen (secondary N) is 1. The highest BCUT2D eigenvalue weighted by Crippen LogP contribution is 2.36.